The van der Waals surface area contributed by atoms with Gasteiger partial charge in [-0.05, 0) is 33.6 Å². The van der Waals surface area contributed by atoms with Crippen molar-refractivity contribution >= 4 is 0 Å². The monoisotopic (exact) mass is 201 g/mol. The summed E-state index contributed by atoms with van der Waals surface area (Å²) in [5.74, 6) is 0.102. The third-order valence-electron chi connectivity index (χ3n) is 4.04. The molecule has 3 nitrogen and oxygen atoms in total. The van der Waals surface area contributed by atoms with E-state index in [1.54, 1.807) is 0 Å². The van der Waals surface area contributed by atoms with Crippen LogP contribution < -0.4 is 0 Å². The summed E-state index contributed by atoms with van der Waals surface area (Å²) < 4.78 is 0. The average molecular weight is 201 g/mol. The molecular weight excluding hydrogens is 178 g/mol. The predicted octanol–water partition coefficient (Wildman–Crippen LogP) is 2.03. The van der Waals surface area contributed by atoms with Gasteiger partial charge in [-0.15, -0.1) is 0 Å². The SMILES string of the molecule is CCC1(C)C(C)C(O)CC(C)(C)N1O. The van der Waals surface area contributed by atoms with Gasteiger partial charge in [0.25, 0.3) is 0 Å². The van der Waals surface area contributed by atoms with Crippen LogP contribution >= 0.6 is 0 Å². The fourth-order valence-corrected chi connectivity index (χ4v) is 2.55. The van der Waals surface area contributed by atoms with Gasteiger partial charge >= 0.3 is 0 Å². The third kappa shape index (κ3) is 1.58. The zero-order valence-corrected chi connectivity index (χ0v) is 9.91. The number of hydroxylamine groups is 2. The van der Waals surface area contributed by atoms with Crippen molar-refractivity contribution in [3.05, 3.63) is 0 Å². The van der Waals surface area contributed by atoms with Crippen LogP contribution in [0.2, 0.25) is 0 Å². The van der Waals surface area contributed by atoms with Crippen molar-refractivity contribution in [2.75, 3.05) is 0 Å². The van der Waals surface area contributed by atoms with Crippen LogP contribution in [0.15, 0.2) is 0 Å². The lowest BCUT2D eigenvalue weighted by Crippen LogP contribution is -2.65. The number of hydrogen-bond donors (Lipinski definition) is 2. The van der Waals surface area contributed by atoms with Crippen LogP contribution in [-0.4, -0.2) is 32.6 Å². The summed E-state index contributed by atoms with van der Waals surface area (Å²) in [6, 6.07) is 0. The maximum atomic E-state index is 10.2. The molecule has 0 saturated carbocycles. The molecule has 0 amide bonds. The minimum Gasteiger partial charge on any atom is -0.393 e. The fraction of sp³-hybridized carbons (Fsp3) is 1.00. The van der Waals surface area contributed by atoms with Crippen molar-refractivity contribution in [1.29, 1.82) is 0 Å². The Kier molecular flexibility index (Phi) is 2.96. The van der Waals surface area contributed by atoms with Gasteiger partial charge in [-0.3, -0.25) is 0 Å². The lowest BCUT2D eigenvalue weighted by Gasteiger charge is -2.55. The lowest BCUT2D eigenvalue weighted by atomic mass is 9.71. The molecule has 0 bridgehead atoms. The molecule has 1 aliphatic rings. The molecule has 1 saturated heterocycles. The van der Waals surface area contributed by atoms with E-state index in [1.807, 2.05) is 34.6 Å². The molecule has 0 aromatic carbocycles. The minimum absolute atomic E-state index is 0.102. The second-order valence-corrected chi connectivity index (χ2v) is 5.40. The highest BCUT2D eigenvalue weighted by atomic mass is 16.5. The average Bonchev–Trinajstić information content (AvgIpc) is 2.11. The summed E-state index contributed by atoms with van der Waals surface area (Å²) >= 11 is 0. The number of nitrogens with zero attached hydrogens (tertiary/aromatic N) is 1. The van der Waals surface area contributed by atoms with E-state index >= 15 is 0 Å². The van der Waals surface area contributed by atoms with Gasteiger partial charge in [-0.25, -0.2) is 0 Å². The van der Waals surface area contributed by atoms with Crippen LogP contribution in [0.25, 0.3) is 0 Å². The third-order valence-corrected chi connectivity index (χ3v) is 4.04. The van der Waals surface area contributed by atoms with Gasteiger partial charge in [-0.1, -0.05) is 13.8 Å². The first-order chi connectivity index (χ1) is 6.25. The van der Waals surface area contributed by atoms with Gasteiger partial charge < -0.3 is 10.3 Å². The highest BCUT2D eigenvalue weighted by Gasteiger charge is 2.50. The van der Waals surface area contributed by atoms with Crippen molar-refractivity contribution in [1.82, 2.24) is 5.06 Å². The summed E-state index contributed by atoms with van der Waals surface area (Å²) in [4.78, 5) is 0. The second kappa shape index (κ2) is 3.47. The molecule has 1 rings (SSSR count). The highest BCUT2D eigenvalue weighted by Crippen LogP contribution is 2.42. The van der Waals surface area contributed by atoms with E-state index in [-0.39, 0.29) is 23.1 Å². The second-order valence-electron chi connectivity index (χ2n) is 5.40. The summed E-state index contributed by atoms with van der Waals surface area (Å²) in [6.07, 6.45) is 1.14. The topological polar surface area (TPSA) is 43.7 Å². The van der Waals surface area contributed by atoms with E-state index in [0.29, 0.717) is 6.42 Å². The van der Waals surface area contributed by atoms with Gasteiger partial charge in [0, 0.05) is 17.0 Å². The quantitative estimate of drug-likeness (QED) is 0.682. The van der Waals surface area contributed by atoms with Crippen molar-refractivity contribution in [2.45, 2.75) is 64.6 Å². The van der Waals surface area contributed by atoms with Crippen molar-refractivity contribution in [3.8, 4) is 0 Å². The van der Waals surface area contributed by atoms with Crippen LogP contribution in [0.5, 0.6) is 0 Å². The van der Waals surface area contributed by atoms with E-state index in [4.69, 9.17) is 0 Å². The molecule has 1 aliphatic heterocycles. The van der Waals surface area contributed by atoms with Crippen LogP contribution in [0, 0.1) is 5.92 Å². The summed E-state index contributed by atoms with van der Waals surface area (Å²) in [5, 5.41) is 21.6. The molecule has 3 heteroatoms. The molecule has 0 aliphatic carbocycles. The van der Waals surface area contributed by atoms with Gasteiger partial charge in [0.1, 0.15) is 0 Å². The van der Waals surface area contributed by atoms with Crippen LogP contribution in [0.1, 0.15) is 47.5 Å². The Morgan fingerprint density at radius 3 is 2.29 bits per heavy atom. The molecular formula is C11H23NO2. The van der Waals surface area contributed by atoms with E-state index in [1.165, 1.54) is 5.06 Å². The van der Waals surface area contributed by atoms with Gasteiger partial charge in [0.15, 0.2) is 0 Å². The van der Waals surface area contributed by atoms with Crippen LogP contribution in [-0.2, 0) is 0 Å². The summed E-state index contributed by atoms with van der Waals surface area (Å²) in [5.41, 5.74) is -0.655. The molecule has 0 aromatic rings. The number of aliphatic hydroxyl groups is 1. The lowest BCUT2D eigenvalue weighted by molar-refractivity contribution is -0.281. The first-order valence-corrected chi connectivity index (χ1v) is 5.43. The first-order valence-electron chi connectivity index (χ1n) is 5.43. The van der Waals surface area contributed by atoms with Crippen LogP contribution in [0.4, 0.5) is 0 Å². The Hall–Kier alpha value is -0.120. The maximum absolute atomic E-state index is 10.2. The Bertz CT molecular complexity index is 217. The Morgan fingerprint density at radius 1 is 1.36 bits per heavy atom. The molecule has 0 spiro atoms. The standard InChI is InChI=1S/C11H23NO2/c1-6-11(5)8(2)9(13)7-10(3,4)12(11)14/h8-9,13-14H,6-7H2,1-5H3. The van der Waals surface area contributed by atoms with Crippen molar-refractivity contribution in [3.63, 3.8) is 0 Å². The Balaban J connectivity index is 3.02. The smallest absolute Gasteiger partial charge is 0.0602 e. The van der Waals surface area contributed by atoms with Gasteiger partial charge in [0.05, 0.1) is 6.10 Å². The first kappa shape index (κ1) is 12.0. The number of aliphatic hydroxyl groups excluding tert-OH is 1. The fourth-order valence-electron chi connectivity index (χ4n) is 2.55. The number of hydrogen-bond acceptors (Lipinski definition) is 3. The summed E-state index contributed by atoms with van der Waals surface area (Å²) in [7, 11) is 0. The summed E-state index contributed by atoms with van der Waals surface area (Å²) in [6.45, 7) is 10.0. The zero-order valence-electron chi connectivity index (χ0n) is 9.91. The van der Waals surface area contributed by atoms with Gasteiger partial charge in [0.2, 0.25) is 0 Å². The van der Waals surface area contributed by atoms with E-state index < -0.39 is 0 Å². The normalized spacial score (nSPS) is 43.9. The van der Waals surface area contributed by atoms with Crippen molar-refractivity contribution < 1.29 is 10.3 Å². The molecule has 3 unspecified atom stereocenters. The Morgan fingerprint density at radius 2 is 1.86 bits per heavy atom. The molecule has 0 aromatic heterocycles. The van der Waals surface area contributed by atoms with Crippen molar-refractivity contribution in [2.24, 2.45) is 5.92 Å². The molecule has 84 valence electrons. The van der Waals surface area contributed by atoms with Gasteiger partial charge in [-0.2, -0.15) is 5.06 Å². The van der Waals surface area contributed by atoms with E-state index in [9.17, 15) is 10.3 Å². The number of rotatable bonds is 1. The molecule has 3 atom stereocenters. The zero-order chi connectivity index (χ0) is 11.1. The predicted molar refractivity (Wildman–Crippen MR) is 56.2 cm³/mol. The molecule has 1 heterocycles. The molecule has 1 fully saturated rings. The Labute approximate surface area is 86.7 Å². The molecule has 0 radical (unpaired) electrons. The van der Waals surface area contributed by atoms with E-state index in [0.717, 1.165) is 6.42 Å². The number of piperidine rings is 1. The largest absolute Gasteiger partial charge is 0.393 e. The van der Waals surface area contributed by atoms with E-state index in [2.05, 4.69) is 0 Å². The minimum atomic E-state index is -0.337. The molecule has 14 heavy (non-hydrogen) atoms. The van der Waals surface area contributed by atoms with Crippen LogP contribution in [0.3, 0.4) is 0 Å². The maximum Gasteiger partial charge on any atom is 0.0602 e. The highest BCUT2D eigenvalue weighted by molar-refractivity contribution is 5.01. The molecule has 2 N–H and O–H groups in total.